The first-order chi connectivity index (χ1) is 18.7. The fraction of sp³-hybridized carbons (Fsp3) is 0.548. The summed E-state index contributed by atoms with van der Waals surface area (Å²) < 4.78 is 27.2. The molecule has 2 aromatic carbocycles. The normalized spacial score (nSPS) is 22.2. The number of hydrogen-bond acceptors (Lipinski definition) is 3. The van der Waals surface area contributed by atoms with Gasteiger partial charge in [-0.15, -0.1) is 0 Å². The molecule has 1 atom stereocenters. The molecule has 0 aromatic heterocycles. The zero-order valence-electron chi connectivity index (χ0n) is 22.4. The number of nitrogens with one attached hydrogen (secondary N) is 1. The van der Waals surface area contributed by atoms with Gasteiger partial charge in [-0.2, -0.15) is 0 Å². The lowest BCUT2D eigenvalue weighted by atomic mass is 9.77. The first kappa shape index (κ1) is 28.0. The summed E-state index contributed by atoms with van der Waals surface area (Å²) in [5.41, 5.74) is 2.17. The molecule has 3 fully saturated rings. The molecule has 8 heteroatoms. The lowest BCUT2D eigenvalue weighted by molar-refractivity contribution is -0.130. The lowest BCUT2D eigenvalue weighted by Gasteiger charge is -2.39. The standard InChI is InChI=1S/C31H38ClF2N3O2/c32-26-8-6-23(7-9-26)21-37-22-30(20-28(37)38)15-18-36(19-16-30)17-12-27(24-4-2-1-3-5-24)35-29(39)25-10-13-31(33,34)14-11-25/h1-9,25,27H,10-22H2,(H,35,39)/t27-/m0/s1. The number of benzene rings is 2. The van der Waals surface area contributed by atoms with Gasteiger partial charge < -0.3 is 15.1 Å². The highest BCUT2D eigenvalue weighted by atomic mass is 35.5. The van der Waals surface area contributed by atoms with E-state index in [2.05, 4.69) is 10.2 Å². The summed E-state index contributed by atoms with van der Waals surface area (Å²) in [6.45, 7) is 4.11. The fourth-order valence-electron chi connectivity index (χ4n) is 6.43. The number of carbonyl (C=O) groups excluding carboxylic acids is 2. The molecule has 0 bridgehead atoms. The molecule has 0 unspecified atom stereocenters. The van der Waals surface area contributed by atoms with Gasteiger partial charge in [-0.3, -0.25) is 9.59 Å². The van der Waals surface area contributed by atoms with Crippen molar-refractivity contribution in [3.05, 3.63) is 70.7 Å². The molecule has 2 saturated heterocycles. The maximum absolute atomic E-state index is 13.6. The molecular weight excluding hydrogens is 520 g/mol. The first-order valence-corrected chi connectivity index (χ1v) is 14.6. The van der Waals surface area contributed by atoms with Crippen molar-refractivity contribution >= 4 is 23.4 Å². The number of likely N-dealkylation sites (tertiary alicyclic amines) is 2. The van der Waals surface area contributed by atoms with Crippen LogP contribution in [0, 0.1) is 11.3 Å². The van der Waals surface area contributed by atoms with Crippen LogP contribution in [-0.2, 0) is 16.1 Å². The Labute approximate surface area is 234 Å². The van der Waals surface area contributed by atoms with E-state index in [1.807, 2.05) is 59.5 Å². The predicted molar refractivity (Wildman–Crippen MR) is 148 cm³/mol. The monoisotopic (exact) mass is 557 g/mol. The number of halogens is 3. The lowest BCUT2D eigenvalue weighted by Crippen LogP contribution is -2.43. The third-order valence-corrected chi connectivity index (χ3v) is 9.20. The minimum Gasteiger partial charge on any atom is -0.349 e. The van der Waals surface area contributed by atoms with E-state index in [1.54, 1.807) is 0 Å². The largest absolute Gasteiger partial charge is 0.349 e. The average molecular weight is 558 g/mol. The number of alkyl halides is 2. The molecular formula is C31H38ClF2N3O2. The Bertz CT molecular complexity index is 1130. The van der Waals surface area contributed by atoms with E-state index in [0.717, 1.165) is 56.6 Å². The van der Waals surface area contributed by atoms with Crippen LogP contribution in [0.5, 0.6) is 0 Å². The molecule has 1 N–H and O–H groups in total. The topological polar surface area (TPSA) is 52.7 Å². The smallest absolute Gasteiger partial charge is 0.248 e. The number of rotatable bonds is 8. The van der Waals surface area contributed by atoms with Crippen molar-refractivity contribution in [1.29, 1.82) is 0 Å². The van der Waals surface area contributed by atoms with E-state index in [1.165, 1.54) is 0 Å². The average Bonchev–Trinajstić information content (AvgIpc) is 3.23. The van der Waals surface area contributed by atoms with Crippen molar-refractivity contribution < 1.29 is 18.4 Å². The molecule has 2 amide bonds. The molecule has 3 aliphatic rings. The summed E-state index contributed by atoms with van der Waals surface area (Å²) in [5, 5.41) is 3.88. The van der Waals surface area contributed by atoms with Gasteiger partial charge in [-0.1, -0.05) is 54.1 Å². The minimum atomic E-state index is -2.64. The van der Waals surface area contributed by atoms with Crippen molar-refractivity contribution in [2.45, 2.75) is 69.9 Å². The Morgan fingerprint density at radius 1 is 1.00 bits per heavy atom. The van der Waals surface area contributed by atoms with Crippen molar-refractivity contribution in [1.82, 2.24) is 15.1 Å². The summed E-state index contributed by atoms with van der Waals surface area (Å²) in [4.78, 5) is 30.3. The summed E-state index contributed by atoms with van der Waals surface area (Å²) in [5.74, 6) is -2.87. The Kier molecular flexibility index (Phi) is 8.57. The summed E-state index contributed by atoms with van der Waals surface area (Å²) in [6.07, 6.45) is 3.38. The number of nitrogens with zero attached hydrogens (tertiary/aromatic N) is 2. The third-order valence-electron chi connectivity index (χ3n) is 8.95. The van der Waals surface area contributed by atoms with Crippen molar-refractivity contribution in [2.75, 3.05) is 26.2 Å². The Morgan fingerprint density at radius 2 is 1.67 bits per heavy atom. The Hall–Kier alpha value is -2.51. The number of amides is 2. The van der Waals surface area contributed by atoms with Crippen molar-refractivity contribution in [2.24, 2.45) is 11.3 Å². The molecule has 2 aliphatic heterocycles. The van der Waals surface area contributed by atoms with Crippen LogP contribution in [0.25, 0.3) is 0 Å². The van der Waals surface area contributed by atoms with Crippen LogP contribution in [0.4, 0.5) is 8.78 Å². The van der Waals surface area contributed by atoms with Crippen molar-refractivity contribution in [3.8, 4) is 0 Å². The molecule has 0 radical (unpaired) electrons. The quantitative estimate of drug-likeness (QED) is 0.419. The van der Waals surface area contributed by atoms with Gasteiger partial charge >= 0.3 is 0 Å². The zero-order chi connectivity index (χ0) is 27.5. The van der Waals surface area contributed by atoms with Gasteiger partial charge in [0.2, 0.25) is 17.7 Å². The van der Waals surface area contributed by atoms with Crippen LogP contribution in [0.3, 0.4) is 0 Å². The van der Waals surface area contributed by atoms with Crippen LogP contribution in [-0.4, -0.2) is 53.7 Å². The molecule has 39 heavy (non-hydrogen) atoms. The fourth-order valence-corrected chi connectivity index (χ4v) is 6.56. The van der Waals surface area contributed by atoms with E-state index >= 15 is 0 Å². The second-order valence-corrected chi connectivity index (χ2v) is 12.2. The SMILES string of the molecule is O=C(N[C@@H](CCN1CCC2(CC1)CC(=O)N(Cc1ccc(Cl)cc1)C2)c1ccccc1)C1CCC(F)(F)CC1. The van der Waals surface area contributed by atoms with Crippen LogP contribution >= 0.6 is 11.6 Å². The van der Waals surface area contributed by atoms with E-state index in [9.17, 15) is 18.4 Å². The molecule has 1 aliphatic carbocycles. The van der Waals surface area contributed by atoms with Crippen molar-refractivity contribution in [3.63, 3.8) is 0 Å². The molecule has 5 rings (SSSR count). The van der Waals surface area contributed by atoms with E-state index in [4.69, 9.17) is 11.6 Å². The summed E-state index contributed by atoms with van der Waals surface area (Å²) >= 11 is 6.01. The van der Waals surface area contributed by atoms with E-state index in [-0.39, 0.29) is 54.9 Å². The Balaban J connectivity index is 1.13. The van der Waals surface area contributed by atoms with Gasteiger partial charge in [0.1, 0.15) is 0 Å². The molecule has 1 spiro atoms. The van der Waals surface area contributed by atoms with Gasteiger partial charge in [-0.25, -0.2) is 8.78 Å². The maximum Gasteiger partial charge on any atom is 0.248 e. The number of hydrogen-bond donors (Lipinski definition) is 1. The molecule has 210 valence electrons. The van der Waals surface area contributed by atoms with Gasteiger partial charge in [0.05, 0.1) is 6.04 Å². The summed E-state index contributed by atoms with van der Waals surface area (Å²) in [7, 11) is 0. The highest BCUT2D eigenvalue weighted by molar-refractivity contribution is 6.30. The Morgan fingerprint density at radius 3 is 2.33 bits per heavy atom. The van der Waals surface area contributed by atoms with Gasteiger partial charge in [0, 0.05) is 49.8 Å². The van der Waals surface area contributed by atoms with Gasteiger partial charge in [0.15, 0.2) is 0 Å². The molecule has 2 aromatic rings. The summed E-state index contributed by atoms with van der Waals surface area (Å²) in [6, 6.07) is 17.5. The molecule has 5 nitrogen and oxygen atoms in total. The number of carbonyl (C=O) groups is 2. The minimum absolute atomic E-state index is 0.0378. The van der Waals surface area contributed by atoms with E-state index in [0.29, 0.717) is 18.0 Å². The second-order valence-electron chi connectivity index (χ2n) is 11.8. The van der Waals surface area contributed by atoms with Crippen LogP contribution in [0.1, 0.15) is 68.5 Å². The van der Waals surface area contributed by atoms with Gasteiger partial charge in [0.25, 0.3) is 0 Å². The zero-order valence-corrected chi connectivity index (χ0v) is 23.1. The highest BCUT2D eigenvalue weighted by Crippen LogP contribution is 2.42. The first-order valence-electron chi connectivity index (χ1n) is 14.2. The second kappa shape index (κ2) is 11.9. The van der Waals surface area contributed by atoms with Crippen LogP contribution in [0.15, 0.2) is 54.6 Å². The predicted octanol–water partition coefficient (Wildman–Crippen LogP) is 6.23. The molecule has 1 saturated carbocycles. The maximum atomic E-state index is 13.6. The third kappa shape index (κ3) is 7.17. The number of piperidine rings is 1. The van der Waals surface area contributed by atoms with Crippen LogP contribution in [0.2, 0.25) is 5.02 Å². The van der Waals surface area contributed by atoms with Gasteiger partial charge in [-0.05, 0) is 73.9 Å². The van der Waals surface area contributed by atoms with E-state index < -0.39 is 5.92 Å². The van der Waals surface area contributed by atoms with Crippen LogP contribution < -0.4 is 5.32 Å². The molecule has 2 heterocycles. The highest BCUT2D eigenvalue weighted by Gasteiger charge is 2.44.